The largest absolute Gasteiger partial charge is 0.376 e. The molecule has 4 nitrogen and oxygen atoms in total. The average molecular weight is 184 g/mol. The van der Waals surface area contributed by atoms with E-state index in [0.717, 1.165) is 6.54 Å². The summed E-state index contributed by atoms with van der Waals surface area (Å²) in [5.74, 6) is 0. The van der Waals surface area contributed by atoms with Crippen molar-refractivity contribution in [3.63, 3.8) is 0 Å². The topological polar surface area (TPSA) is 55.9 Å². The van der Waals surface area contributed by atoms with E-state index in [4.69, 9.17) is 18.0 Å². The van der Waals surface area contributed by atoms with Crippen LogP contribution in [0, 0.1) is 0 Å². The molecule has 5 heteroatoms. The van der Waals surface area contributed by atoms with Crippen LogP contribution in [0.2, 0.25) is 0 Å². The highest BCUT2D eigenvalue weighted by Gasteiger charge is 2.01. The van der Waals surface area contributed by atoms with Crippen molar-refractivity contribution in [3.05, 3.63) is 18.5 Å². The van der Waals surface area contributed by atoms with E-state index in [0.29, 0.717) is 5.11 Å². The Balaban J connectivity index is 2.36. The number of nitrogens with two attached hydrogens (primary N) is 1. The predicted octanol–water partition coefficient (Wildman–Crippen LogP) is 0.105. The van der Waals surface area contributed by atoms with Crippen molar-refractivity contribution in [2.24, 2.45) is 5.73 Å². The van der Waals surface area contributed by atoms with Gasteiger partial charge in [-0.25, -0.2) is 0 Å². The predicted molar refractivity (Wildman–Crippen MR) is 51.6 cm³/mol. The SMILES string of the molecule is CC(Cn1cccn1)NC(N)=S. The van der Waals surface area contributed by atoms with E-state index < -0.39 is 0 Å². The van der Waals surface area contributed by atoms with Crippen molar-refractivity contribution >= 4 is 17.3 Å². The molecule has 0 amide bonds. The number of nitrogens with zero attached hydrogens (tertiary/aromatic N) is 2. The summed E-state index contributed by atoms with van der Waals surface area (Å²) in [6.45, 7) is 2.77. The Morgan fingerprint density at radius 2 is 2.58 bits per heavy atom. The minimum atomic E-state index is 0.211. The molecular weight excluding hydrogens is 172 g/mol. The Labute approximate surface area is 76.7 Å². The Kier molecular flexibility index (Phi) is 3.04. The molecule has 1 heterocycles. The van der Waals surface area contributed by atoms with Crippen LogP contribution in [0.4, 0.5) is 0 Å². The summed E-state index contributed by atoms with van der Waals surface area (Å²) < 4.78 is 1.83. The van der Waals surface area contributed by atoms with Gasteiger partial charge in [0.15, 0.2) is 5.11 Å². The van der Waals surface area contributed by atoms with E-state index in [-0.39, 0.29) is 6.04 Å². The Morgan fingerprint density at radius 1 is 1.83 bits per heavy atom. The lowest BCUT2D eigenvalue weighted by Crippen LogP contribution is -2.39. The second-order valence-corrected chi connectivity index (χ2v) is 3.08. The van der Waals surface area contributed by atoms with Crippen LogP contribution >= 0.6 is 12.2 Å². The van der Waals surface area contributed by atoms with Crippen LogP contribution in [0.15, 0.2) is 18.5 Å². The molecule has 3 N–H and O–H groups in total. The van der Waals surface area contributed by atoms with Crippen molar-refractivity contribution in [2.75, 3.05) is 0 Å². The molecule has 0 bridgehead atoms. The molecule has 0 aromatic carbocycles. The molecule has 0 aliphatic carbocycles. The molecule has 0 saturated heterocycles. The molecule has 1 atom stereocenters. The van der Waals surface area contributed by atoms with Gasteiger partial charge in [-0.1, -0.05) is 0 Å². The lowest BCUT2D eigenvalue weighted by molar-refractivity contribution is 0.506. The molecule has 0 fully saturated rings. The van der Waals surface area contributed by atoms with Crippen molar-refractivity contribution in [3.8, 4) is 0 Å². The van der Waals surface area contributed by atoms with E-state index in [1.54, 1.807) is 6.20 Å². The van der Waals surface area contributed by atoms with Gasteiger partial charge in [-0.15, -0.1) is 0 Å². The first-order valence-corrected chi connectivity index (χ1v) is 4.12. The lowest BCUT2D eigenvalue weighted by Gasteiger charge is -2.12. The van der Waals surface area contributed by atoms with Crippen molar-refractivity contribution in [2.45, 2.75) is 19.5 Å². The standard InChI is InChI=1S/C7H12N4S/c1-6(10-7(8)12)5-11-4-2-3-9-11/h2-4,6H,5H2,1H3,(H3,8,10,12). The molecule has 0 radical (unpaired) electrons. The third-order valence-electron chi connectivity index (χ3n) is 1.41. The number of hydrogen-bond acceptors (Lipinski definition) is 2. The maximum absolute atomic E-state index is 5.31. The van der Waals surface area contributed by atoms with Crippen LogP contribution in [0.5, 0.6) is 0 Å². The summed E-state index contributed by atoms with van der Waals surface area (Å²) in [5.41, 5.74) is 5.31. The zero-order chi connectivity index (χ0) is 8.97. The van der Waals surface area contributed by atoms with E-state index in [1.165, 1.54) is 0 Å². The minimum absolute atomic E-state index is 0.211. The normalized spacial score (nSPS) is 12.4. The number of nitrogens with one attached hydrogen (secondary N) is 1. The van der Waals surface area contributed by atoms with E-state index in [9.17, 15) is 0 Å². The first-order chi connectivity index (χ1) is 5.68. The fraction of sp³-hybridized carbons (Fsp3) is 0.429. The van der Waals surface area contributed by atoms with Gasteiger partial charge in [0, 0.05) is 18.4 Å². The summed E-state index contributed by atoms with van der Waals surface area (Å²) in [4.78, 5) is 0. The zero-order valence-corrected chi connectivity index (χ0v) is 7.71. The monoisotopic (exact) mass is 184 g/mol. The highest BCUT2D eigenvalue weighted by molar-refractivity contribution is 7.80. The number of thiocarbonyl (C=S) groups is 1. The van der Waals surface area contributed by atoms with Gasteiger partial charge in [-0.3, -0.25) is 4.68 Å². The fourth-order valence-corrected chi connectivity index (χ4v) is 1.18. The number of hydrogen-bond donors (Lipinski definition) is 2. The molecule has 12 heavy (non-hydrogen) atoms. The van der Waals surface area contributed by atoms with E-state index in [2.05, 4.69) is 10.4 Å². The molecule has 1 aromatic rings. The molecule has 0 saturated carbocycles. The summed E-state index contributed by atoms with van der Waals surface area (Å²) >= 11 is 4.70. The van der Waals surface area contributed by atoms with Gasteiger partial charge < -0.3 is 11.1 Å². The highest BCUT2D eigenvalue weighted by Crippen LogP contribution is 1.89. The van der Waals surface area contributed by atoms with Crippen molar-refractivity contribution in [1.82, 2.24) is 15.1 Å². The van der Waals surface area contributed by atoms with Gasteiger partial charge in [-0.05, 0) is 25.2 Å². The van der Waals surface area contributed by atoms with Crippen molar-refractivity contribution < 1.29 is 0 Å². The number of rotatable bonds is 3. The van der Waals surface area contributed by atoms with Gasteiger partial charge in [0.25, 0.3) is 0 Å². The van der Waals surface area contributed by atoms with E-state index >= 15 is 0 Å². The zero-order valence-electron chi connectivity index (χ0n) is 6.90. The summed E-state index contributed by atoms with van der Waals surface area (Å²) in [5, 5.41) is 7.31. The molecule has 1 unspecified atom stereocenters. The number of aromatic nitrogens is 2. The molecule has 0 aliphatic heterocycles. The Bertz CT molecular complexity index is 244. The molecular formula is C7H12N4S. The van der Waals surface area contributed by atoms with Crippen LogP contribution in [-0.2, 0) is 6.54 Å². The maximum Gasteiger partial charge on any atom is 0.163 e. The molecule has 66 valence electrons. The van der Waals surface area contributed by atoms with E-state index in [1.807, 2.05) is 23.9 Å². The first kappa shape index (κ1) is 8.99. The Hall–Kier alpha value is -1.10. The summed E-state index contributed by atoms with van der Waals surface area (Å²) in [7, 11) is 0. The molecule has 1 aromatic heterocycles. The molecule has 0 spiro atoms. The summed E-state index contributed by atoms with van der Waals surface area (Å²) in [6.07, 6.45) is 3.64. The molecule has 1 rings (SSSR count). The maximum atomic E-state index is 5.31. The Morgan fingerprint density at radius 3 is 3.08 bits per heavy atom. The molecule has 0 aliphatic rings. The van der Waals surface area contributed by atoms with Crippen molar-refractivity contribution in [1.29, 1.82) is 0 Å². The van der Waals surface area contributed by atoms with Crippen LogP contribution in [0.25, 0.3) is 0 Å². The quantitative estimate of drug-likeness (QED) is 0.654. The third kappa shape index (κ3) is 2.87. The third-order valence-corrected chi connectivity index (χ3v) is 1.53. The first-order valence-electron chi connectivity index (χ1n) is 3.72. The van der Waals surface area contributed by atoms with Gasteiger partial charge in [0.2, 0.25) is 0 Å². The highest BCUT2D eigenvalue weighted by atomic mass is 32.1. The van der Waals surface area contributed by atoms with Gasteiger partial charge in [0.05, 0.1) is 6.54 Å². The minimum Gasteiger partial charge on any atom is -0.376 e. The smallest absolute Gasteiger partial charge is 0.163 e. The van der Waals surface area contributed by atoms with Gasteiger partial charge in [-0.2, -0.15) is 5.10 Å². The lowest BCUT2D eigenvalue weighted by atomic mass is 10.3. The van der Waals surface area contributed by atoms with Crippen LogP contribution in [0.3, 0.4) is 0 Å². The fourth-order valence-electron chi connectivity index (χ4n) is 0.978. The van der Waals surface area contributed by atoms with Crippen LogP contribution < -0.4 is 11.1 Å². The van der Waals surface area contributed by atoms with Crippen LogP contribution in [-0.4, -0.2) is 20.9 Å². The average Bonchev–Trinajstić information content (AvgIpc) is 2.37. The second-order valence-electron chi connectivity index (χ2n) is 2.64. The van der Waals surface area contributed by atoms with Gasteiger partial charge in [0.1, 0.15) is 0 Å². The second kappa shape index (κ2) is 4.06. The van der Waals surface area contributed by atoms with Gasteiger partial charge >= 0.3 is 0 Å². The van der Waals surface area contributed by atoms with Crippen LogP contribution in [0.1, 0.15) is 6.92 Å². The summed E-state index contributed by atoms with van der Waals surface area (Å²) in [6, 6.07) is 2.09.